The molecule has 0 saturated carbocycles. The normalized spacial score (nSPS) is 12.2. The summed E-state index contributed by atoms with van der Waals surface area (Å²) in [6.45, 7) is 5.98. The SMILES string of the molecule is CCCCOC([SiH3])(CCCCl)OCCCC. The lowest BCUT2D eigenvalue weighted by atomic mass is 10.3. The molecule has 0 N–H and O–H groups in total. The third kappa shape index (κ3) is 8.56. The van der Waals surface area contributed by atoms with Crippen LogP contribution in [0.3, 0.4) is 0 Å². The fourth-order valence-electron chi connectivity index (χ4n) is 1.44. The standard InChI is InChI=1S/C12H27ClO2Si/c1-3-5-10-14-12(16,8-7-9-13)15-11-6-4-2/h3-11H2,1-2,16H3. The number of ether oxygens (including phenoxy) is 2. The Morgan fingerprint density at radius 3 is 1.88 bits per heavy atom. The second-order valence-corrected chi connectivity index (χ2v) is 6.23. The molecule has 0 aromatic heterocycles. The zero-order chi connectivity index (χ0) is 12.3. The van der Waals surface area contributed by atoms with Gasteiger partial charge in [0.15, 0.2) is 0 Å². The van der Waals surface area contributed by atoms with E-state index in [1.165, 1.54) is 12.8 Å². The van der Waals surface area contributed by atoms with Gasteiger partial charge >= 0.3 is 0 Å². The van der Waals surface area contributed by atoms with Gasteiger partial charge in [-0.1, -0.05) is 26.7 Å². The minimum Gasteiger partial charge on any atom is -0.355 e. The van der Waals surface area contributed by atoms with E-state index in [9.17, 15) is 0 Å². The number of unbranched alkanes of at least 4 members (excludes halogenated alkanes) is 2. The second-order valence-electron chi connectivity index (χ2n) is 4.33. The van der Waals surface area contributed by atoms with E-state index >= 15 is 0 Å². The van der Waals surface area contributed by atoms with Gasteiger partial charge < -0.3 is 9.47 Å². The minimum atomic E-state index is -0.292. The van der Waals surface area contributed by atoms with Crippen molar-refractivity contribution in [2.45, 2.75) is 57.8 Å². The Kier molecular flexibility index (Phi) is 10.9. The number of hydrogen-bond donors (Lipinski definition) is 0. The van der Waals surface area contributed by atoms with Crippen LogP contribution in [0, 0.1) is 0 Å². The summed E-state index contributed by atoms with van der Waals surface area (Å²) in [5.74, 6) is 0.693. The minimum absolute atomic E-state index is 0.292. The summed E-state index contributed by atoms with van der Waals surface area (Å²) in [6.07, 6.45) is 6.48. The van der Waals surface area contributed by atoms with Crippen LogP contribution in [-0.4, -0.2) is 34.7 Å². The van der Waals surface area contributed by atoms with Crippen molar-refractivity contribution in [3.05, 3.63) is 0 Å². The Labute approximate surface area is 108 Å². The maximum absolute atomic E-state index is 5.90. The summed E-state index contributed by atoms with van der Waals surface area (Å²) in [4.78, 5) is 0. The van der Waals surface area contributed by atoms with Crippen LogP contribution < -0.4 is 0 Å². The number of alkyl halides is 1. The molecule has 0 aliphatic heterocycles. The van der Waals surface area contributed by atoms with Gasteiger partial charge in [-0.2, -0.15) is 0 Å². The lowest BCUT2D eigenvalue weighted by molar-refractivity contribution is -0.183. The van der Waals surface area contributed by atoms with Crippen molar-refractivity contribution >= 4 is 21.8 Å². The molecule has 0 heterocycles. The van der Waals surface area contributed by atoms with Gasteiger partial charge in [0.05, 0.1) is 10.2 Å². The van der Waals surface area contributed by atoms with Crippen LogP contribution in [0.25, 0.3) is 0 Å². The van der Waals surface area contributed by atoms with E-state index in [2.05, 4.69) is 13.8 Å². The summed E-state index contributed by atoms with van der Waals surface area (Å²) in [5, 5.41) is 0. The lowest BCUT2D eigenvalue weighted by Crippen LogP contribution is -2.37. The first-order valence-corrected chi connectivity index (χ1v) is 8.06. The molecular weight excluding hydrogens is 240 g/mol. The molecule has 0 atom stereocenters. The van der Waals surface area contributed by atoms with Gasteiger partial charge in [-0.25, -0.2) is 0 Å². The highest BCUT2D eigenvalue weighted by Crippen LogP contribution is 2.18. The number of rotatable bonds is 11. The van der Waals surface area contributed by atoms with Gasteiger partial charge in [0.25, 0.3) is 0 Å². The first-order valence-electron chi connectivity index (χ1n) is 6.52. The Bertz CT molecular complexity index is 146. The van der Waals surface area contributed by atoms with E-state index in [0.717, 1.165) is 49.1 Å². The van der Waals surface area contributed by atoms with E-state index in [1.54, 1.807) is 0 Å². The predicted octanol–water partition coefficient (Wildman–Crippen LogP) is 2.66. The summed E-state index contributed by atoms with van der Waals surface area (Å²) in [5.41, 5.74) is -0.292. The lowest BCUT2D eigenvalue weighted by Gasteiger charge is -2.30. The monoisotopic (exact) mass is 266 g/mol. The van der Waals surface area contributed by atoms with Crippen LogP contribution in [0.1, 0.15) is 52.4 Å². The quantitative estimate of drug-likeness (QED) is 0.248. The second kappa shape index (κ2) is 10.6. The predicted molar refractivity (Wildman–Crippen MR) is 74.3 cm³/mol. The molecule has 0 aromatic carbocycles. The third-order valence-corrected chi connectivity index (χ3v) is 3.92. The highest BCUT2D eigenvalue weighted by molar-refractivity contribution is 6.18. The van der Waals surface area contributed by atoms with Gasteiger partial charge in [-0.05, 0) is 25.7 Å². The molecule has 0 bridgehead atoms. The fourth-order valence-corrected chi connectivity index (χ4v) is 2.33. The summed E-state index contributed by atoms with van der Waals surface area (Å²) in [7, 11) is 0.913. The first kappa shape index (κ1) is 16.4. The molecule has 0 aromatic rings. The highest BCUT2D eigenvalue weighted by Gasteiger charge is 2.24. The van der Waals surface area contributed by atoms with Crippen molar-refractivity contribution < 1.29 is 9.47 Å². The molecule has 0 fully saturated rings. The zero-order valence-electron chi connectivity index (χ0n) is 11.1. The molecular formula is C12H27ClO2Si. The molecule has 2 nitrogen and oxygen atoms in total. The number of hydrogen-bond acceptors (Lipinski definition) is 2. The average Bonchev–Trinajstić information content (AvgIpc) is 2.27. The third-order valence-electron chi connectivity index (χ3n) is 2.58. The van der Waals surface area contributed by atoms with Crippen molar-refractivity contribution in [2.75, 3.05) is 19.1 Å². The van der Waals surface area contributed by atoms with Crippen LogP contribution in [0.2, 0.25) is 0 Å². The average molecular weight is 267 g/mol. The van der Waals surface area contributed by atoms with Crippen LogP contribution in [-0.2, 0) is 9.47 Å². The largest absolute Gasteiger partial charge is 0.355 e. The maximum atomic E-state index is 5.90. The van der Waals surface area contributed by atoms with Crippen molar-refractivity contribution in [3.63, 3.8) is 0 Å². The van der Waals surface area contributed by atoms with Crippen molar-refractivity contribution in [2.24, 2.45) is 0 Å². The fraction of sp³-hybridized carbons (Fsp3) is 1.00. The zero-order valence-corrected chi connectivity index (χ0v) is 13.8. The first-order chi connectivity index (χ1) is 7.68. The molecule has 4 heteroatoms. The molecule has 0 aliphatic carbocycles. The Balaban J connectivity index is 3.91. The molecule has 98 valence electrons. The summed E-state index contributed by atoms with van der Waals surface area (Å²) in [6, 6.07) is 0. The van der Waals surface area contributed by atoms with Gasteiger partial charge in [0.1, 0.15) is 5.41 Å². The Morgan fingerprint density at radius 1 is 1.00 bits per heavy atom. The molecule has 0 aliphatic rings. The molecule has 0 saturated heterocycles. The van der Waals surface area contributed by atoms with E-state index in [4.69, 9.17) is 21.1 Å². The van der Waals surface area contributed by atoms with Crippen LogP contribution in [0.5, 0.6) is 0 Å². The summed E-state index contributed by atoms with van der Waals surface area (Å²) >= 11 is 5.73. The number of halogens is 1. The highest BCUT2D eigenvalue weighted by atomic mass is 35.5. The molecule has 0 radical (unpaired) electrons. The van der Waals surface area contributed by atoms with E-state index in [1.807, 2.05) is 0 Å². The molecule has 0 spiro atoms. The Hall–Kier alpha value is 0.427. The van der Waals surface area contributed by atoms with E-state index in [0.29, 0.717) is 5.88 Å². The Morgan fingerprint density at radius 2 is 1.50 bits per heavy atom. The van der Waals surface area contributed by atoms with Crippen LogP contribution in [0.4, 0.5) is 0 Å². The molecule has 0 amide bonds. The van der Waals surface area contributed by atoms with Gasteiger partial charge in [-0.3, -0.25) is 0 Å². The van der Waals surface area contributed by atoms with Gasteiger partial charge in [-0.15, -0.1) is 11.6 Å². The van der Waals surface area contributed by atoms with Crippen LogP contribution >= 0.6 is 11.6 Å². The molecule has 0 unspecified atom stereocenters. The maximum Gasteiger partial charge on any atom is 0.141 e. The van der Waals surface area contributed by atoms with Crippen molar-refractivity contribution in [1.82, 2.24) is 0 Å². The van der Waals surface area contributed by atoms with E-state index < -0.39 is 0 Å². The van der Waals surface area contributed by atoms with Gasteiger partial charge in [0.2, 0.25) is 0 Å². The van der Waals surface area contributed by atoms with Crippen molar-refractivity contribution in [3.8, 4) is 0 Å². The molecule has 16 heavy (non-hydrogen) atoms. The van der Waals surface area contributed by atoms with Gasteiger partial charge in [0, 0.05) is 19.1 Å². The van der Waals surface area contributed by atoms with Crippen LogP contribution in [0.15, 0.2) is 0 Å². The summed E-state index contributed by atoms with van der Waals surface area (Å²) < 4.78 is 11.8. The molecule has 0 rings (SSSR count). The topological polar surface area (TPSA) is 18.5 Å². The smallest absolute Gasteiger partial charge is 0.141 e. The van der Waals surface area contributed by atoms with Crippen molar-refractivity contribution in [1.29, 1.82) is 0 Å². The van der Waals surface area contributed by atoms with E-state index in [-0.39, 0.29) is 5.41 Å².